The van der Waals surface area contributed by atoms with Gasteiger partial charge in [-0.15, -0.1) is 0 Å². The number of carbonyl (C=O) groups is 2. The molecule has 2 aromatic carbocycles. The number of hydrogen-bond donors (Lipinski definition) is 2. The minimum Gasteiger partial charge on any atom is -0.507 e. The van der Waals surface area contributed by atoms with E-state index in [0.29, 0.717) is 23.7 Å². The lowest BCUT2D eigenvalue weighted by atomic mass is 9.95. The van der Waals surface area contributed by atoms with E-state index in [1.807, 2.05) is 19.0 Å². The van der Waals surface area contributed by atoms with Crippen molar-refractivity contribution in [2.45, 2.75) is 6.04 Å². The van der Waals surface area contributed by atoms with Crippen molar-refractivity contribution in [3.05, 3.63) is 70.3 Å². The van der Waals surface area contributed by atoms with Gasteiger partial charge >= 0.3 is 0 Å². The van der Waals surface area contributed by atoms with Crippen molar-refractivity contribution in [1.82, 2.24) is 9.80 Å². The molecule has 0 bridgehead atoms. The van der Waals surface area contributed by atoms with Gasteiger partial charge in [0, 0.05) is 18.1 Å². The van der Waals surface area contributed by atoms with E-state index >= 15 is 0 Å². The van der Waals surface area contributed by atoms with Crippen LogP contribution in [0.1, 0.15) is 17.2 Å². The number of nitrogens with zero attached hydrogens (tertiary/aromatic N) is 2. The zero-order valence-electron chi connectivity index (χ0n) is 15.6. The number of ketones is 1. The molecule has 1 heterocycles. The number of aliphatic hydroxyl groups excluding tert-OH is 1. The van der Waals surface area contributed by atoms with E-state index < -0.39 is 23.5 Å². The van der Waals surface area contributed by atoms with E-state index in [1.54, 1.807) is 36.4 Å². The van der Waals surface area contributed by atoms with Crippen LogP contribution >= 0.6 is 11.6 Å². The summed E-state index contributed by atoms with van der Waals surface area (Å²) >= 11 is 5.98. The molecule has 7 heteroatoms. The molecule has 1 aliphatic rings. The molecule has 0 radical (unpaired) electrons. The third-order valence-electron chi connectivity index (χ3n) is 4.67. The Labute approximate surface area is 168 Å². The number of phenols is 1. The highest BCUT2D eigenvalue weighted by Crippen LogP contribution is 2.40. The van der Waals surface area contributed by atoms with Crippen molar-refractivity contribution in [2.24, 2.45) is 0 Å². The number of aliphatic hydroxyl groups is 1. The van der Waals surface area contributed by atoms with Crippen molar-refractivity contribution in [3.8, 4) is 5.75 Å². The molecular weight excluding hydrogens is 380 g/mol. The monoisotopic (exact) mass is 400 g/mol. The molecule has 2 N–H and O–H groups in total. The summed E-state index contributed by atoms with van der Waals surface area (Å²) in [6.45, 7) is 0.857. The lowest BCUT2D eigenvalue weighted by molar-refractivity contribution is -0.140. The van der Waals surface area contributed by atoms with Gasteiger partial charge in [-0.25, -0.2) is 0 Å². The highest BCUT2D eigenvalue weighted by molar-refractivity contribution is 6.46. The Hall–Kier alpha value is -2.83. The lowest BCUT2D eigenvalue weighted by Gasteiger charge is -2.26. The van der Waals surface area contributed by atoms with Gasteiger partial charge in [0.05, 0.1) is 17.2 Å². The predicted molar refractivity (Wildman–Crippen MR) is 107 cm³/mol. The second-order valence-electron chi connectivity index (χ2n) is 6.86. The SMILES string of the molecule is CN(C)CCN1C(=O)C(=O)C(=C(O)c2ccccc2O)C1c1ccc(Cl)cc1. The van der Waals surface area contributed by atoms with Gasteiger partial charge in [-0.05, 0) is 43.9 Å². The first kappa shape index (κ1) is 19.9. The summed E-state index contributed by atoms with van der Waals surface area (Å²) in [5.41, 5.74) is 0.707. The number of benzene rings is 2. The fourth-order valence-corrected chi connectivity index (χ4v) is 3.35. The van der Waals surface area contributed by atoms with Gasteiger partial charge in [0.1, 0.15) is 11.5 Å². The third kappa shape index (κ3) is 3.74. The molecule has 0 aromatic heterocycles. The van der Waals surface area contributed by atoms with Crippen molar-refractivity contribution in [3.63, 3.8) is 0 Å². The fraction of sp³-hybridized carbons (Fsp3) is 0.238. The maximum absolute atomic E-state index is 12.8. The van der Waals surface area contributed by atoms with Crippen molar-refractivity contribution < 1.29 is 19.8 Å². The van der Waals surface area contributed by atoms with Gasteiger partial charge in [-0.3, -0.25) is 9.59 Å². The van der Waals surface area contributed by atoms with Gasteiger partial charge in [-0.2, -0.15) is 0 Å². The first-order valence-electron chi connectivity index (χ1n) is 8.78. The van der Waals surface area contributed by atoms with Crippen LogP contribution in [-0.4, -0.2) is 58.9 Å². The van der Waals surface area contributed by atoms with E-state index in [2.05, 4.69) is 0 Å². The fourth-order valence-electron chi connectivity index (χ4n) is 3.23. The molecule has 3 rings (SSSR count). The van der Waals surface area contributed by atoms with Gasteiger partial charge in [-0.1, -0.05) is 35.9 Å². The molecule has 2 aromatic rings. The summed E-state index contributed by atoms with van der Waals surface area (Å²) < 4.78 is 0. The van der Waals surface area contributed by atoms with Crippen LogP contribution in [0.3, 0.4) is 0 Å². The minimum atomic E-state index is -0.778. The molecule has 1 unspecified atom stereocenters. The summed E-state index contributed by atoms with van der Waals surface area (Å²) in [7, 11) is 3.74. The number of phenolic OH excluding ortho intramolecular Hbond substituents is 1. The average Bonchev–Trinajstić information content (AvgIpc) is 2.91. The van der Waals surface area contributed by atoms with Crippen LogP contribution in [-0.2, 0) is 9.59 Å². The predicted octanol–water partition coefficient (Wildman–Crippen LogP) is 3.03. The Morgan fingerprint density at radius 2 is 1.75 bits per heavy atom. The Kier molecular flexibility index (Phi) is 5.72. The molecule has 1 atom stereocenters. The van der Waals surface area contributed by atoms with Crippen LogP contribution in [0, 0.1) is 0 Å². The van der Waals surface area contributed by atoms with Crippen LogP contribution in [0.25, 0.3) is 5.76 Å². The average molecular weight is 401 g/mol. The summed E-state index contributed by atoms with van der Waals surface area (Å²) in [6, 6.07) is 12.2. The summed E-state index contributed by atoms with van der Waals surface area (Å²) in [5.74, 6) is -2.03. The second kappa shape index (κ2) is 8.04. The number of likely N-dealkylation sites (tertiary alicyclic amines) is 1. The van der Waals surface area contributed by atoms with E-state index in [0.717, 1.165) is 0 Å². The molecule has 146 valence electrons. The van der Waals surface area contributed by atoms with Crippen LogP contribution in [0.2, 0.25) is 5.02 Å². The normalized spacial score (nSPS) is 18.9. The Balaban J connectivity index is 2.16. The highest BCUT2D eigenvalue weighted by Gasteiger charge is 2.46. The maximum Gasteiger partial charge on any atom is 0.295 e. The highest BCUT2D eigenvalue weighted by atomic mass is 35.5. The molecule has 1 amide bonds. The van der Waals surface area contributed by atoms with E-state index in [9.17, 15) is 19.8 Å². The third-order valence-corrected chi connectivity index (χ3v) is 4.92. The van der Waals surface area contributed by atoms with Crippen molar-refractivity contribution in [2.75, 3.05) is 27.2 Å². The smallest absolute Gasteiger partial charge is 0.295 e. The van der Waals surface area contributed by atoms with E-state index in [-0.39, 0.29) is 16.9 Å². The molecule has 0 aliphatic carbocycles. The summed E-state index contributed by atoms with van der Waals surface area (Å²) in [5, 5.41) is 21.5. The molecule has 1 aliphatic heterocycles. The number of likely N-dealkylation sites (N-methyl/N-ethyl adjacent to an activating group) is 1. The molecule has 0 spiro atoms. The molecular formula is C21H21ClN2O4. The van der Waals surface area contributed by atoms with Crippen LogP contribution in [0.5, 0.6) is 5.75 Å². The van der Waals surface area contributed by atoms with Gasteiger partial charge < -0.3 is 20.0 Å². The quantitative estimate of drug-likeness (QED) is 0.458. The van der Waals surface area contributed by atoms with E-state index in [1.165, 1.54) is 17.0 Å². The molecule has 6 nitrogen and oxygen atoms in total. The maximum atomic E-state index is 12.8. The number of aromatic hydroxyl groups is 1. The molecule has 0 saturated carbocycles. The Morgan fingerprint density at radius 3 is 2.36 bits per heavy atom. The molecule has 1 saturated heterocycles. The number of para-hydroxylation sites is 1. The van der Waals surface area contributed by atoms with Gasteiger partial charge in [0.25, 0.3) is 11.7 Å². The van der Waals surface area contributed by atoms with Crippen LogP contribution < -0.4 is 0 Å². The standard InChI is InChI=1S/C21H21ClN2O4/c1-23(2)11-12-24-18(13-7-9-14(22)10-8-13)17(20(27)21(24)28)19(26)15-5-3-4-6-16(15)25/h3-10,18,25-26H,11-12H2,1-2H3. The van der Waals surface area contributed by atoms with Gasteiger partial charge in [0.15, 0.2) is 0 Å². The Bertz CT molecular complexity index is 938. The second-order valence-corrected chi connectivity index (χ2v) is 7.30. The van der Waals surface area contributed by atoms with Gasteiger partial charge in [0.2, 0.25) is 0 Å². The summed E-state index contributed by atoms with van der Waals surface area (Å²) in [4.78, 5) is 28.9. The number of hydrogen-bond acceptors (Lipinski definition) is 5. The van der Waals surface area contributed by atoms with Crippen molar-refractivity contribution in [1.29, 1.82) is 0 Å². The topological polar surface area (TPSA) is 81.1 Å². The number of amides is 1. The Morgan fingerprint density at radius 1 is 1.11 bits per heavy atom. The number of rotatable bonds is 5. The zero-order valence-corrected chi connectivity index (χ0v) is 16.3. The molecule has 1 fully saturated rings. The lowest BCUT2D eigenvalue weighted by Crippen LogP contribution is -2.35. The number of carbonyl (C=O) groups excluding carboxylic acids is 2. The van der Waals surface area contributed by atoms with E-state index in [4.69, 9.17) is 11.6 Å². The first-order valence-corrected chi connectivity index (χ1v) is 9.16. The molecule has 28 heavy (non-hydrogen) atoms. The number of Topliss-reactive ketones (excluding diaryl/α,β-unsaturated/α-hetero) is 1. The zero-order chi connectivity index (χ0) is 20.4. The largest absolute Gasteiger partial charge is 0.507 e. The summed E-state index contributed by atoms with van der Waals surface area (Å²) in [6.07, 6.45) is 0. The number of halogens is 1. The van der Waals surface area contributed by atoms with Crippen LogP contribution in [0.4, 0.5) is 0 Å². The first-order chi connectivity index (χ1) is 13.3. The van der Waals surface area contributed by atoms with Crippen LogP contribution in [0.15, 0.2) is 54.1 Å². The minimum absolute atomic E-state index is 0.0485. The van der Waals surface area contributed by atoms with Crippen molar-refractivity contribution >= 4 is 29.1 Å².